The van der Waals surface area contributed by atoms with Crippen LogP contribution in [0.3, 0.4) is 0 Å². The Balaban J connectivity index is 2.72. The predicted molar refractivity (Wildman–Crippen MR) is 77.7 cm³/mol. The van der Waals surface area contributed by atoms with Gasteiger partial charge in [0.05, 0.1) is 0 Å². The molecule has 0 amide bonds. The van der Waals surface area contributed by atoms with Gasteiger partial charge in [0.25, 0.3) is 0 Å². The molecule has 0 aliphatic heterocycles. The van der Waals surface area contributed by atoms with E-state index in [-0.39, 0.29) is 0 Å². The van der Waals surface area contributed by atoms with Gasteiger partial charge in [-0.15, -0.1) is 0 Å². The number of aryl methyl sites for hydroxylation is 1. The largest absolute Gasteiger partial charge is 0.374 e. The fourth-order valence-corrected chi connectivity index (χ4v) is 2.29. The molecule has 0 fully saturated rings. The predicted octanol–water partition coefficient (Wildman–Crippen LogP) is 4.37. The van der Waals surface area contributed by atoms with E-state index in [2.05, 4.69) is 63.9 Å². The third-order valence-corrected chi connectivity index (χ3v) is 3.96. The molecule has 0 aliphatic carbocycles. The molecule has 0 aromatic heterocycles. The van der Waals surface area contributed by atoms with Gasteiger partial charge in [0, 0.05) is 19.3 Å². The van der Waals surface area contributed by atoms with Crippen molar-refractivity contribution in [2.45, 2.75) is 40.5 Å². The number of para-hydroxylation sites is 1. The maximum Gasteiger partial charge on any atom is 0.0396 e. The Morgan fingerprint density at radius 1 is 1.06 bits per heavy atom. The molecule has 1 aromatic rings. The van der Waals surface area contributed by atoms with E-state index < -0.39 is 0 Å². The SMILES string of the molecule is CCc1ccccc1N(C)CC(C)C(C)CC. The minimum absolute atomic E-state index is 0.745. The summed E-state index contributed by atoms with van der Waals surface area (Å²) in [6.45, 7) is 10.4. The third-order valence-electron chi connectivity index (χ3n) is 3.96. The molecule has 0 saturated carbocycles. The second-order valence-corrected chi connectivity index (χ2v) is 5.23. The normalized spacial score (nSPS) is 14.4. The highest BCUT2D eigenvalue weighted by Crippen LogP contribution is 2.23. The minimum atomic E-state index is 0.745. The summed E-state index contributed by atoms with van der Waals surface area (Å²) in [6.07, 6.45) is 2.38. The van der Waals surface area contributed by atoms with Crippen molar-refractivity contribution in [3.8, 4) is 0 Å². The average molecular weight is 233 g/mol. The molecular weight excluding hydrogens is 206 g/mol. The second-order valence-electron chi connectivity index (χ2n) is 5.23. The Hall–Kier alpha value is -0.980. The van der Waals surface area contributed by atoms with Gasteiger partial charge in [-0.1, -0.05) is 52.3 Å². The van der Waals surface area contributed by atoms with Crippen molar-refractivity contribution in [1.82, 2.24) is 0 Å². The first-order chi connectivity index (χ1) is 8.10. The van der Waals surface area contributed by atoms with Crippen LogP contribution in [0.2, 0.25) is 0 Å². The van der Waals surface area contributed by atoms with Gasteiger partial charge in [0.2, 0.25) is 0 Å². The molecule has 0 saturated heterocycles. The lowest BCUT2D eigenvalue weighted by atomic mass is 9.93. The number of benzene rings is 1. The Kier molecular flexibility index (Phi) is 5.54. The van der Waals surface area contributed by atoms with Gasteiger partial charge in [0.15, 0.2) is 0 Å². The highest BCUT2D eigenvalue weighted by molar-refractivity contribution is 5.53. The van der Waals surface area contributed by atoms with E-state index in [4.69, 9.17) is 0 Å². The second kappa shape index (κ2) is 6.68. The van der Waals surface area contributed by atoms with Gasteiger partial charge in [-0.2, -0.15) is 0 Å². The van der Waals surface area contributed by atoms with Gasteiger partial charge in [-0.05, 0) is 29.9 Å². The molecule has 1 aromatic carbocycles. The zero-order chi connectivity index (χ0) is 12.8. The van der Waals surface area contributed by atoms with E-state index in [9.17, 15) is 0 Å². The van der Waals surface area contributed by atoms with Crippen LogP contribution in [0.15, 0.2) is 24.3 Å². The summed E-state index contributed by atoms with van der Waals surface area (Å²) < 4.78 is 0. The molecule has 2 atom stereocenters. The Labute approximate surface area is 107 Å². The monoisotopic (exact) mass is 233 g/mol. The van der Waals surface area contributed by atoms with Crippen LogP contribution in [0.4, 0.5) is 5.69 Å². The molecule has 1 nitrogen and oxygen atoms in total. The van der Waals surface area contributed by atoms with Gasteiger partial charge in [-0.25, -0.2) is 0 Å². The molecule has 0 radical (unpaired) electrons. The average Bonchev–Trinajstić information content (AvgIpc) is 2.37. The quantitative estimate of drug-likeness (QED) is 0.705. The summed E-state index contributed by atoms with van der Waals surface area (Å²) in [5, 5.41) is 0. The molecule has 17 heavy (non-hydrogen) atoms. The summed E-state index contributed by atoms with van der Waals surface area (Å²) >= 11 is 0. The van der Waals surface area contributed by atoms with E-state index in [1.807, 2.05) is 0 Å². The molecule has 0 aliphatic rings. The molecule has 1 heteroatoms. The van der Waals surface area contributed by atoms with Crippen LogP contribution in [0.5, 0.6) is 0 Å². The van der Waals surface area contributed by atoms with Crippen LogP contribution in [0.25, 0.3) is 0 Å². The molecule has 0 heterocycles. The van der Waals surface area contributed by atoms with Crippen LogP contribution < -0.4 is 4.90 Å². The smallest absolute Gasteiger partial charge is 0.0396 e. The van der Waals surface area contributed by atoms with E-state index in [1.54, 1.807) is 0 Å². The van der Waals surface area contributed by atoms with E-state index in [0.29, 0.717) is 0 Å². The van der Waals surface area contributed by atoms with Crippen molar-refractivity contribution in [1.29, 1.82) is 0 Å². The molecule has 2 unspecified atom stereocenters. The Morgan fingerprint density at radius 3 is 2.29 bits per heavy atom. The maximum atomic E-state index is 2.41. The lowest BCUT2D eigenvalue weighted by molar-refractivity contribution is 0.380. The lowest BCUT2D eigenvalue weighted by Gasteiger charge is -2.28. The standard InChI is InChI=1S/C16H27N/c1-6-13(3)14(4)12-17(5)16-11-9-8-10-15(16)7-2/h8-11,13-14H,6-7,12H2,1-5H3. The van der Waals surface area contributed by atoms with Crippen LogP contribution in [0, 0.1) is 11.8 Å². The minimum Gasteiger partial charge on any atom is -0.374 e. The van der Waals surface area contributed by atoms with Crippen LogP contribution in [-0.2, 0) is 6.42 Å². The van der Waals surface area contributed by atoms with Gasteiger partial charge < -0.3 is 4.90 Å². The van der Waals surface area contributed by atoms with Crippen molar-refractivity contribution in [2.75, 3.05) is 18.5 Å². The summed E-state index contributed by atoms with van der Waals surface area (Å²) in [5.41, 5.74) is 2.84. The Morgan fingerprint density at radius 2 is 1.71 bits per heavy atom. The van der Waals surface area contributed by atoms with E-state index >= 15 is 0 Å². The van der Waals surface area contributed by atoms with E-state index in [0.717, 1.165) is 24.8 Å². The third kappa shape index (κ3) is 3.76. The van der Waals surface area contributed by atoms with Crippen LogP contribution >= 0.6 is 0 Å². The first-order valence-electron chi connectivity index (χ1n) is 6.89. The van der Waals surface area contributed by atoms with Crippen molar-refractivity contribution in [2.24, 2.45) is 11.8 Å². The molecule has 96 valence electrons. The topological polar surface area (TPSA) is 3.24 Å². The Bertz CT molecular complexity index is 332. The number of hydrogen-bond acceptors (Lipinski definition) is 1. The maximum absolute atomic E-state index is 2.41. The summed E-state index contributed by atoms with van der Waals surface area (Å²) in [5.74, 6) is 1.54. The molecule has 0 spiro atoms. The van der Waals surface area contributed by atoms with Crippen molar-refractivity contribution in [3.05, 3.63) is 29.8 Å². The fourth-order valence-electron chi connectivity index (χ4n) is 2.29. The summed E-state index contributed by atoms with van der Waals surface area (Å²) in [6, 6.07) is 8.75. The first-order valence-corrected chi connectivity index (χ1v) is 6.89. The van der Waals surface area contributed by atoms with Gasteiger partial charge in [0.1, 0.15) is 0 Å². The van der Waals surface area contributed by atoms with Crippen LogP contribution in [-0.4, -0.2) is 13.6 Å². The summed E-state index contributed by atoms with van der Waals surface area (Å²) in [7, 11) is 2.22. The molecule has 0 bridgehead atoms. The highest BCUT2D eigenvalue weighted by atomic mass is 15.1. The van der Waals surface area contributed by atoms with Crippen molar-refractivity contribution >= 4 is 5.69 Å². The van der Waals surface area contributed by atoms with Gasteiger partial charge in [-0.3, -0.25) is 0 Å². The lowest BCUT2D eigenvalue weighted by Crippen LogP contribution is -2.27. The zero-order valence-electron chi connectivity index (χ0n) is 12.0. The number of anilines is 1. The van der Waals surface area contributed by atoms with Crippen LogP contribution in [0.1, 0.15) is 39.7 Å². The number of rotatable bonds is 6. The number of nitrogens with zero attached hydrogens (tertiary/aromatic N) is 1. The van der Waals surface area contributed by atoms with E-state index in [1.165, 1.54) is 17.7 Å². The molecule has 0 N–H and O–H groups in total. The van der Waals surface area contributed by atoms with Gasteiger partial charge >= 0.3 is 0 Å². The van der Waals surface area contributed by atoms with Crippen molar-refractivity contribution in [3.63, 3.8) is 0 Å². The molecular formula is C16H27N. The number of hydrogen-bond donors (Lipinski definition) is 0. The fraction of sp³-hybridized carbons (Fsp3) is 0.625. The van der Waals surface area contributed by atoms with Crippen molar-refractivity contribution < 1.29 is 0 Å². The zero-order valence-corrected chi connectivity index (χ0v) is 12.0. The first kappa shape index (κ1) is 14.1. The molecule has 1 rings (SSSR count). The summed E-state index contributed by atoms with van der Waals surface area (Å²) in [4.78, 5) is 2.41. The highest BCUT2D eigenvalue weighted by Gasteiger charge is 2.14.